The molecule has 0 aliphatic carbocycles. The summed E-state index contributed by atoms with van der Waals surface area (Å²) in [7, 11) is 0. The van der Waals surface area contributed by atoms with Crippen molar-refractivity contribution >= 4 is 5.65 Å². The van der Waals surface area contributed by atoms with Crippen molar-refractivity contribution in [1.82, 2.24) is 19.1 Å². The number of aromatic nitrogens is 3. The van der Waals surface area contributed by atoms with E-state index in [1.807, 2.05) is 11.0 Å². The second kappa shape index (κ2) is 7.11. The van der Waals surface area contributed by atoms with E-state index in [9.17, 15) is 9.18 Å². The first kappa shape index (κ1) is 16.0. The molecule has 0 aliphatic heterocycles. The summed E-state index contributed by atoms with van der Waals surface area (Å²) < 4.78 is 15.9. The van der Waals surface area contributed by atoms with Gasteiger partial charge in [-0.15, -0.1) is 11.5 Å². The van der Waals surface area contributed by atoms with Gasteiger partial charge in [-0.3, -0.25) is 9.30 Å². The first-order valence-corrected chi connectivity index (χ1v) is 7.62. The molecule has 0 spiro atoms. The Kier molecular flexibility index (Phi) is 4.73. The van der Waals surface area contributed by atoms with Crippen LogP contribution < -0.4 is 5.69 Å². The second-order valence-corrected chi connectivity index (χ2v) is 5.48. The van der Waals surface area contributed by atoms with E-state index in [4.69, 9.17) is 6.42 Å². The maximum Gasteiger partial charge on any atom is 0.350 e. The van der Waals surface area contributed by atoms with Gasteiger partial charge in [0.25, 0.3) is 0 Å². The predicted octanol–water partition coefficient (Wildman–Crippen LogP) is 1.77. The molecule has 24 heavy (non-hydrogen) atoms. The maximum absolute atomic E-state index is 13.0. The summed E-state index contributed by atoms with van der Waals surface area (Å²) in [6, 6.07) is 11.7. The fraction of sp³-hybridized carbons (Fsp3) is 0.222. The fourth-order valence-electron chi connectivity index (χ4n) is 2.54. The van der Waals surface area contributed by atoms with E-state index in [0.717, 1.165) is 5.56 Å². The molecule has 0 radical (unpaired) electrons. The highest BCUT2D eigenvalue weighted by Gasteiger charge is 2.09. The van der Waals surface area contributed by atoms with Gasteiger partial charge in [-0.05, 0) is 29.8 Å². The van der Waals surface area contributed by atoms with Crippen LogP contribution in [0.2, 0.25) is 0 Å². The van der Waals surface area contributed by atoms with Crippen LogP contribution in [0.5, 0.6) is 0 Å². The number of pyridine rings is 1. The van der Waals surface area contributed by atoms with Crippen molar-refractivity contribution in [2.45, 2.75) is 13.1 Å². The Bertz CT molecular complexity index is 921. The molecule has 6 heteroatoms. The van der Waals surface area contributed by atoms with Gasteiger partial charge in [0.1, 0.15) is 5.82 Å². The molecular weight excluding hydrogens is 307 g/mol. The normalized spacial score (nSPS) is 11.0. The van der Waals surface area contributed by atoms with Crippen molar-refractivity contribution < 1.29 is 4.39 Å². The summed E-state index contributed by atoms with van der Waals surface area (Å²) in [5, 5.41) is 4.30. The minimum absolute atomic E-state index is 0.173. The minimum Gasteiger partial charge on any atom is -0.286 e. The summed E-state index contributed by atoms with van der Waals surface area (Å²) >= 11 is 0. The van der Waals surface area contributed by atoms with Crippen LogP contribution in [0.3, 0.4) is 0 Å². The zero-order valence-corrected chi connectivity index (χ0v) is 13.1. The summed E-state index contributed by atoms with van der Waals surface area (Å²) in [4.78, 5) is 14.3. The third-order valence-electron chi connectivity index (χ3n) is 3.75. The number of hydrogen-bond acceptors (Lipinski definition) is 3. The van der Waals surface area contributed by atoms with Gasteiger partial charge >= 0.3 is 5.69 Å². The van der Waals surface area contributed by atoms with Crippen molar-refractivity contribution in [3.63, 3.8) is 0 Å². The van der Waals surface area contributed by atoms with Crippen LogP contribution >= 0.6 is 0 Å². The molecule has 2 aromatic heterocycles. The Balaban J connectivity index is 1.71. The molecule has 0 unspecified atom stereocenters. The number of rotatable bonds is 6. The van der Waals surface area contributed by atoms with Gasteiger partial charge in [0.2, 0.25) is 0 Å². The van der Waals surface area contributed by atoms with Crippen LogP contribution in [0.15, 0.2) is 53.5 Å². The molecule has 0 saturated carbocycles. The average molecular weight is 324 g/mol. The van der Waals surface area contributed by atoms with Gasteiger partial charge in [0.15, 0.2) is 5.65 Å². The molecule has 1 aromatic carbocycles. The highest BCUT2D eigenvalue weighted by molar-refractivity contribution is 5.35. The zero-order chi connectivity index (χ0) is 16.9. The molecule has 0 aliphatic rings. The first-order chi connectivity index (χ1) is 11.7. The Hall–Kier alpha value is -2.91. The van der Waals surface area contributed by atoms with Crippen molar-refractivity contribution in [3.8, 4) is 12.3 Å². The van der Waals surface area contributed by atoms with Crippen LogP contribution in [0, 0.1) is 18.2 Å². The Morgan fingerprint density at radius 2 is 2.00 bits per heavy atom. The molecular formula is C18H17FN4O. The molecule has 3 rings (SSSR count). The van der Waals surface area contributed by atoms with Crippen LogP contribution in [-0.2, 0) is 13.1 Å². The SMILES string of the molecule is C#CCN(CCn1nc2ccccn2c1=O)Cc1ccc(F)cc1. The molecule has 122 valence electrons. The quantitative estimate of drug-likeness (QED) is 0.649. The Labute approximate surface area is 139 Å². The largest absolute Gasteiger partial charge is 0.350 e. The molecule has 0 N–H and O–H groups in total. The second-order valence-electron chi connectivity index (χ2n) is 5.48. The zero-order valence-electron chi connectivity index (χ0n) is 13.1. The van der Waals surface area contributed by atoms with Crippen LogP contribution in [0.4, 0.5) is 4.39 Å². The highest BCUT2D eigenvalue weighted by atomic mass is 19.1. The van der Waals surface area contributed by atoms with Crippen LogP contribution in [0.1, 0.15) is 5.56 Å². The molecule has 0 saturated heterocycles. The van der Waals surface area contributed by atoms with Gasteiger partial charge < -0.3 is 0 Å². The van der Waals surface area contributed by atoms with Crippen LogP contribution in [-0.4, -0.2) is 32.2 Å². The fourth-order valence-corrected chi connectivity index (χ4v) is 2.54. The van der Waals surface area contributed by atoms with E-state index >= 15 is 0 Å². The average Bonchev–Trinajstić information content (AvgIpc) is 2.91. The topological polar surface area (TPSA) is 42.5 Å². The van der Waals surface area contributed by atoms with Crippen LogP contribution in [0.25, 0.3) is 5.65 Å². The summed E-state index contributed by atoms with van der Waals surface area (Å²) in [6.07, 6.45) is 7.12. The predicted molar refractivity (Wildman–Crippen MR) is 90.0 cm³/mol. The molecule has 0 atom stereocenters. The van der Waals surface area contributed by atoms with Gasteiger partial charge in [-0.25, -0.2) is 13.9 Å². The third-order valence-corrected chi connectivity index (χ3v) is 3.75. The van der Waals surface area contributed by atoms with Gasteiger partial charge in [-0.2, -0.15) is 0 Å². The first-order valence-electron chi connectivity index (χ1n) is 7.62. The van der Waals surface area contributed by atoms with E-state index in [0.29, 0.717) is 31.8 Å². The van der Waals surface area contributed by atoms with Gasteiger partial charge in [0.05, 0.1) is 13.1 Å². The Morgan fingerprint density at radius 3 is 2.71 bits per heavy atom. The van der Waals surface area contributed by atoms with Gasteiger partial charge in [0, 0.05) is 19.3 Å². The summed E-state index contributed by atoms with van der Waals surface area (Å²) in [5.41, 5.74) is 1.41. The summed E-state index contributed by atoms with van der Waals surface area (Å²) in [5.74, 6) is 2.35. The summed E-state index contributed by atoms with van der Waals surface area (Å²) in [6.45, 7) is 2.04. The number of fused-ring (bicyclic) bond motifs is 1. The number of halogens is 1. The lowest BCUT2D eigenvalue weighted by Crippen LogP contribution is -2.31. The third kappa shape index (κ3) is 3.53. The maximum atomic E-state index is 13.0. The molecule has 3 aromatic rings. The van der Waals surface area contributed by atoms with E-state index in [1.165, 1.54) is 21.2 Å². The lowest BCUT2D eigenvalue weighted by Gasteiger charge is -2.19. The monoisotopic (exact) mass is 324 g/mol. The number of terminal acetylenes is 1. The van der Waals surface area contributed by atoms with E-state index < -0.39 is 0 Å². The molecule has 2 heterocycles. The Morgan fingerprint density at radius 1 is 1.21 bits per heavy atom. The lowest BCUT2D eigenvalue weighted by atomic mass is 10.2. The number of benzene rings is 1. The van der Waals surface area contributed by atoms with Crippen molar-refractivity contribution in [2.24, 2.45) is 0 Å². The van der Waals surface area contributed by atoms with Gasteiger partial charge in [-0.1, -0.05) is 24.1 Å². The molecule has 5 nitrogen and oxygen atoms in total. The van der Waals surface area contributed by atoms with Crippen molar-refractivity contribution in [3.05, 3.63) is 70.5 Å². The minimum atomic E-state index is -0.265. The van der Waals surface area contributed by atoms with Crippen molar-refractivity contribution in [2.75, 3.05) is 13.1 Å². The van der Waals surface area contributed by atoms with E-state index in [1.54, 1.807) is 30.5 Å². The smallest absolute Gasteiger partial charge is 0.286 e. The van der Waals surface area contributed by atoms with E-state index in [2.05, 4.69) is 11.0 Å². The number of hydrogen-bond donors (Lipinski definition) is 0. The molecule has 0 fully saturated rings. The highest BCUT2D eigenvalue weighted by Crippen LogP contribution is 2.06. The van der Waals surface area contributed by atoms with E-state index in [-0.39, 0.29) is 11.5 Å². The lowest BCUT2D eigenvalue weighted by molar-refractivity contribution is 0.279. The molecule has 0 amide bonds. The van der Waals surface area contributed by atoms with Crippen molar-refractivity contribution in [1.29, 1.82) is 0 Å². The standard InChI is InChI=1S/C18H17FN4O/c1-2-10-21(14-15-6-8-16(19)9-7-15)12-13-23-18(24)22-11-4-3-5-17(22)20-23/h1,3-9,11H,10,12-14H2. The molecule has 0 bridgehead atoms. The number of nitrogens with zero attached hydrogens (tertiary/aromatic N) is 4.